The van der Waals surface area contributed by atoms with E-state index in [1.54, 1.807) is 24.5 Å². The van der Waals surface area contributed by atoms with Crippen LogP contribution in [0, 0.1) is 19.8 Å². The van der Waals surface area contributed by atoms with Gasteiger partial charge in [0.1, 0.15) is 6.04 Å². The van der Waals surface area contributed by atoms with E-state index in [2.05, 4.69) is 5.32 Å². The van der Waals surface area contributed by atoms with Gasteiger partial charge in [-0.1, -0.05) is 13.8 Å². The lowest BCUT2D eigenvalue weighted by Crippen LogP contribution is -2.34. The zero-order valence-corrected chi connectivity index (χ0v) is 12.2. The Bertz CT molecular complexity index is 489. The molecule has 0 bridgehead atoms. The minimum Gasteiger partial charge on any atom is -0.478 e. The quantitative estimate of drug-likeness (QED) is 0.857. The monoisotopic (exact) mass is 266 g/mol. The van der Waals surface area contributed by atoms with Gasteiger partial charge >= 0.3 is 5.97 Å². The first-order chi connectivity index (χ1) is 8.75. The van der Waals surface area contributed by atoms with Crippen molar-refractivity contribution in [3.05, 3.63) is 23.0 Å². The van der Waals surface area contributed by atoms with Crippen LogP contribution in [0.1, 0.15) is 48.6 Å². The summed E-state index contributed by atoms with van der Waals surface area (Å²) in [6.07, 6.45) is 0. The van der Waals surface area contributed by atoms with E-state index >= 15 is 0 Å². The zero-order chi connectivity index (χ0) is 14.7. The summed E-state index contributed by atoms with van der Waals surface area (Å²) in [4.78, 5) is 23.1. The molecule has 106 valence electrons. The molecule has 0 aliphatic rings. The van der Waals surface area contributed by atoms with Crippen molar-refractivity contribution < 1.29 is 14.7 Å². The molecule has 0 aliphatic carbocycles. The fourth-order valence-corrected chi connectivity index (χ4v) is 2.16. The van der Waals surface area contributed by atoms with Gasteiger partial charge in [-0.25, -0.2) is 4.79 Å². The van der Waals surface area contributed by atoms with Crippen molar-refractivity contribution in [3.63, 3.8) is 0 Å². The van der Waals surface area contributed by atoms with Gasteiger partial charge < -0.3 is 15.0 Å². The van der Waals surface area contributed by atoms with Crippen molar-refractivity contribution in [3.8, 4) is 0 Å². The van der Waals surface area contributed by atoms with Crippen LogP contribution in [0.3, 0.4) is 0 Å². The standard InChI is InChI=1S/C14H22N2O3/c1-8(2)7-15-13(17)11(5)16-9(3)6-12(10(16)4)14(18)19/h6,8,11H,7H2,1-5H3,(H,15,17)(H,18,19). The summed E-state index contributed by atoms with van der Waals surface area (Å²) >= 11 is 0. The molecule has 19 heavy (non-hydrogen) atoms. The van der Waals surface area contributed by atoms with E-state index in [0.717, 1.165) is 5.69 Å². The van der Waals surface area contributed by atoms with Crippen molar-refractivity contribution in [2.24, 2.45) is 5.92 Å². The van der Waals surface area contributed by atoms with E-state index in [1.807, 2.05) is 20.8 Å². The first-order valence-corrected chi connectivity index (χ1v) is 6.45. The van der Waals surface area contributed by atoms with Crippen molar-refractivity contribution in [1.82, 2.24) is 9.88 Å². The van der Waals surface area contributed by atoms with Gasteiger partial charge in [0.15, 0.2) is 0 Å². The molecule has 2 N–H and O–H groups in total. The molecule has 0 saturated carbocycles. The number of carboxylic acids is 1. The van der Waals surface area contributed by atoms with Crippen LogP contribution in [0.2, 0.25) is 0 Å². The number of nitrogens with zero attached hydrogens (tertiary/aromatic N) is 1. The smallest absolute Gasteiger partial charge is 0.337 e. The Morgan fingerprint density at radius 2 is 1.89 bits per heavy atom. The number of hydrogen-bond donors (Lipinski definition) is 2. The lowest BCUT2D eigenvalue weighted by molar-refractivity contribution is -0.124. The molecule has 1 amide bonds. The largest absolute Gasteiger partial charge is 0.478 e. The number of nitrogens with one attached hydrogen (secondary N) is 1. The Morgan fingerprint density at radius 1 is 1.32 bits per heavy atom. The maximum atomic E-state index is 12.1. The molecule has 1 rings (SSSR count). The molecule has 1 atom stereocenters. The average Bonchev–Trinajstić information content (AvgIpc) is 2.61. The summed E-state index contributed by atoms with van der Waals surface area (Å²) in [7, 11) is 0. The van der Waals surface area contributed by atoms with E-state index in [-0.39, 0.29) is 11.5 Å². The van der Waals surface area contributed by atoms with Crippen LogP contribution in [0.25, 0.3) is 0 Å². The van der Waals surface area contributed by atoms with E-state index in [9.17, 15) is 9.59 Å². The summed E-state index contributed by atoms with van der Waals surface area (Å²) in [5, 5.41) is 12.0. The average molecular weight is 266 g/mol. The van der Waals surface area contributed by atoms with Crippen molar-refractivity contribution >= 4 is 11.9 Å². The number of rotatable bonds is 5. The predicted octanol–water partition coefficient (Wildman–Crippen LogP) is 2.14. The third-order valence-electron chi connectivity index (χ3n) is 3.17. The zero-order valence-electron chi connectivity index (χ0n) is 12.2. The van der Waals surface area contributed by atoms with Crippen LogP contribution in [0.15, 0.2) is 6.07 Å². The molecular formula is C14H22N2O3. The Morgan fingerprint density at radius 3 is 2.32 bits per heavy atom. The van der Waals surface area contributed by atoms with Crippen LogP contribution < -0.4 is 5.32 Å². The van der Waals surface area contributed by atoms with Crippen LogP contribution in [0.4, 0.5) is 0 Å². The molecule has 1 aromatic rings. The van der Waals surface area contributed by atoms with Crippen molar-refractivity contribution in [2.75, 3.05) is 6.54 Å². The second kappa shape index (κ2) is 5.91. The second-order valence-corrected chi connectivity index (χ2v) is 5.27. The van der Waals surface area contributed by atoms with Crippen molar-refractivity contribution in [2.45, 2.75) is 40.7 Å². The molecule has 1 unspecified atom stereocenters. The third-order valence-corrected chi connectivity index (χ3v) is 3.17. The highest BCUT2D eigenvalue weighted by Crippen LogP contribution is 2.20. The molecule has 0 aromatic carbocycles. The molecule has 0 aliphatic heterocycles. The fourth-order valence-electron chi connectivity index (χ4n) is 2.16. The topological polar surface area (TPSA) is 71.3 Å². The van der Waals surface area contributed by atoms with E-state index in [0.29, 0.717) is 18.2 Å². The molecule has 5 heteroatoms. The lowest BCUT2D eigenvalue weighted by Gasteiger charge is -2.19. The van der Waals surface area contributed by atoms with Gasteiger partial charge in [-0.05, 0) is 32.8 Å². The first kappa shape index (κ1) is 15.3. The number of amides is 1. The van der Waals surface area contributed by atoms with Gasteiger partial charge in [-0.15, -0.1) is 0 Å². The Kier molecular flexibility index (Phi) is 4.75. The highest BCUT2D eigenvalue weighted by Gasteiger charge is 2.22. The first-order valence-electron chi connectivity index (χ1n) is 6.45. The number of carboxylic acid groups (broad SMARTS) is 1. The maximum absolute atomic E-state index is 12.1. The number of carbonyl (C=O) groups is 2. The molecule has 0 saturated heterocycles. The lowest BCUT2D eigenvalue weighted by atomic mass is 10.2. The molecule has 0 fully saturated rings. The van der Waals surface area contributed by atoms with Gasteiger partial charge in [0.2, 0.25) is 5.91 Å². The molecule has 0 radical (unpaired) electrons. The summed E-state index contributed by atoms with van der Waals surface area (Å²) in [6, 6.07) is 1.19. The highest BCUT2D eigenvalue weighted by molar-refractivity contribution is 5.90. The SMILES string of the molecule is Cc1cc(C(=O)O)c(C)n1C(C)C(=O)NCC(C)C. The van der Waals surface area contributed by atoms with Crippen LogP contribution in [-0.2, 0) is 4.79 Å². The summed E-state index contributed by atoms with van der Waals surface area (Å²) < 4.78 is 1.76. The van der Waals surface area contributed by atoms with Gasteiger partial charge in [0, 0.05) is 17.9 Å². The molecule has 1 heterocycles. The molecule has 5 nitrogen and oxygen atoms in total. The summed E-state index contributed by atoms with van der Waals surface area (Å²) in [6.45, 7) is 9.99. The summed E-state index contributed by atoms with van der Waals surface area (Å²) in [5.41, 5.74) is 1.64. The molecule has 0 spiro atoms. The van der Waals surface area contributed by atoms with E-state index < -0.39 is 12.0 Å². The fraction of sp³-hybridized carbons (Fsp3) is 0.571. The molecular weight excluding hydrogens is 244 g/mol. The van der Waals surface area contributed by atoms with Crippen molar-refractivity contribution in [1.29, 1.82) is 0 Å². The Balaban J connectivity index is 2.96. The van der Waals surface area contributed by atoms with E-state index in [4.69, 9.17) is 5.11 Å². The van der Waals surface area contributed by atoms with E-state index in [1.165, 1.54) is 0 Å². The number of hydrogen-bond acceptors (Lipinski definition) is 2. The van der Waals surface area contributed by atoms with Gasteiger partial charge in [-0.2, -0.15) is 0 Å². The van der Waals surface area contributed by atoms with Crippen LogP contribution in [-0.4, -0.2) is 28.1 Å². The minimum atomic E-state index is -0.964. The van der Waals surface area contributed by atoms with Gasteiger partial charge in [0.05, 0.1) is 5.56 Å². The normalized spacial score (nSPS) is 12.5. The minimum absolute atomic E-state index is 0.0903. The van der Waals surface area contributed by atoms with Gasteiger partial charge in [0.25, 0.3) is 0 Å². The number of carbonyl (C=O) groups excluding carboxylic acids is 1. The predicted molar refractivity (Wildman–Crippen MR) is 73.4 cm³/mol. The maximum Gasteiger partial charge on any atom is 0.337 e. The van der Waals surface area contributed by atoms with Crippen LogP contribution >= 0.6 is 0 Å². The number of aromatic carboxylic acids is 1. The Hall–Kier alpha value is -1.78. The van der Waals surface area contributed by atoms with Gasteiger partial charge in [-0.3, -0.25) is 4.79 Å². The number of aromatic nitrogens is 1. The number of aryl methyl sites for hydroxylation is 1. The highest BCUT2D eigenvalue weighted by atomic mass is 16.4. The Labute approximate surface area is 113 Å². The summed E-state index contributed by atoms with van der Waals surface area (Å²) in [5.74, 6) is -0.667. The second-order valence-electron chi connectivity index (χ2n) is 5.27. The van der Waals surface area contributed by atoms with Crippen LogP contribution in [0.5, 0.6) is 0 Å². The molecule has 1 aromatic heterocycles. The third kappa shape index (κ3) is 3.36.